The van der Waals surface area contributed by atoms with E-state index in [1.807, 2.05) is 18.2 Å². The summed E-state index contributed by atoms with van der Waals surface area (Å²) in [5, 5.41) is 3.26. The number of alkyl halides is 3. The number of carbonyl (C=O) groups is 1. The van der Waals surface area contributed by atoms with Gasteiger partial charge in [0.15, 0.2) is 0 Å². The molecule has 0 radical (unpaired) electrons. The molecule has 2 rings (SSSR count). The van der Waals surface area contributed by atoms with Gasteiger partial charge in [0.05, 0.1) is 17.1 Å². The summed E-state index contributed by atoms with van der Waals surface area (Å²) in [7, 11) is 0. The smallest absolute Gasteiger partial charge is 0.345 e. The highest BCUT2D eigenvalue weighted by molar-refractivity contribution is 7.99. The van der Waals surface area contributed by atoms with Gasteiger partial charge in [-0.15, -0.1) is 11.8 Å². The van der Waals surface area contributed by atoms with Crippen LogP contribution >= 0.6 is 23.4 Å². The van der Waals surface area contributed by atoms with Crippen molar-refractivity contribution in [1.82, 2.24) is 5.32 Å². The fourth-order valence-electron chi connectivity index (χ4n) is 1.97. The molecule has 26 heavy (non-hydrogen) atoms. The zero-order chi connectivity index (χ0) is 19.0. The van der Waals surface area contributed by atoms with E-state index in [9.17, 15) is 18.0 Å². The molecule has 0 aliphatic rings. The Labute approximate surface area is 159 Å². The summed E-state index contributed by atoms with van der Waals surface area (Å²) in [6, 6.07) is 12.1. The molecule has 0 aliphatic heterocycles. The van der Waals surface area contributed by atoms with Crippen LogP contribution in [-0.2, 0) is 11.0 Å². The van der Waals surface area contributed by atoms with Crippen molar-refractivity contribution in [1.29, 1.82) is 0 Å². The molecule has 2 aromatic carbocycles. The minimum absolute atomic E-state index is 0.0752. The number of benzene rings is 2. The zero-order valence-electron chi connectivity index (χ0n) is 13.6. The quantitative estimate of drug-likeness (QED) is 0.567. The number of amides is 1. The van der Waals surface area contributed by atoms with Crippen molar-refractivity contribution >= 4 is 29.3 Å². The summed E-state index contributed by atoms with van der Waals surface area (Å²) in [6.45, 7) is 0.0752. The van der Waals surface area contributed by atoms with E-state index in [4.69, 9.17) is 11.6 Å². The van der Waals surface area contributed by atoms with Gasteiger partial charge in [-0.25, -0.2) is 0 Å². The van der Waals surface area contributed by atoms with Crippen LogP contribution < -0.4 is 5.32 Å². The zero-order valence-corrected chi connectivity index (χ0v) is 15.1. The van der Waals surface area contributed by atoms with E-state index in [-0.39, 0.29) is 18.0 Å². The number of thioether (sulfide) groups is 1. The van der Waals surface area contributed by atoms with Crippen LogP contribution in [0.4, 0.5) is 13.2 Å². The number of hydrogen-bond acceptors (Lipinski definition) is 2. The van der Waals surface area contributed by atoms with Gasteiger partial charge in [-0.3, -0.25) is 4.79 Å². The summed E-state index contributed by atoms with van der Waals surface area (Å²) < 4.78 is 37.8. The molecule has 0 bridgehead atoms. The van der Waals surface area contributed by atoms with Crippen LogP contribution in [0.15, 0.2) is 53.4 Å². The maximum Gasteiger partial charge on any atom is 0.416 e. The molecule has 0 aromatic heterocycles. The van der Waals surface area contributed by atoms with Crippen LogP contribution in [0.5, 0.6) is 0 Å². The normalized spacial score (nSPS) is 10.8. The van der Waals surface area contributed by atoms with Crippen molar-refractivity contribution in [2.75, 3.05) is 12.3 Å². The summed E-state index contributed by atoms with van der Waals surface area (Å²) in [6.07, 6.45) is -4.10. The van der Waals surface area contributed by atoms with Gasteiger partial charge in [0.25, 0.3) is 0 Å². The second kappa shape index (κ2) is 9.56. The third kappa shape index (κ3) is 6.66. The van der Waals surface area contributed by atoms with Crippen LogP contribution in [0.3, 0.4) is 0 Å². The average molecular weight is 398 g/mol. The second-order valence-corrected chi connectivity index (χ2v) is 6.73. The van der Waals surface area contributed by atoms with Gasteiger partial charge < -0.3 is 5.32 Å². The Balaban J connectivity index is 1.75. The fraction of sp³-hybridized carbons (Fsp3) is 0.211. The van der Waals surface area contributed by atoms with E-state index in [1.54, 1.807) is 6.07 Å². The van der Waals surface area contributed by atoms with E-state index < -0.39 is 11.7 Å². The van der Waals surface area contributed by atoms with Crippen molar-refractivity contribution in [3.05, 3.63) is 64.7 Å². The van der Waals surface area contributed by atoms with Crippen LogP contribution in [0.1, 0.15) is 17.5 Å². The Morgan fingerprint density at radius 1 is 1.15 bits per heavy atom. The van der Waals surface area contributed by atoms with Gasteiger partial charge in [0.2, 0.25) is 5.91 Å². The molecule has 1 amide bonds. The molecule has 2 nitrogen and oxygen atoms in total. The summed E-state index contributed by atoms with van der Waals surface area (Å²) in [5.41, 5.74) is -0.492. The number of hydrogen-bond donors (Lipinski definition) is 1. The van der Waals surface area contributed by atoms with Crippen molar-refractivity contribution < 1.29 is 18.0 Å². The lowest BCUT2D eigenvalue weighted by molar-refractivity contribution is -0.137. The Morgan fingerprint density at radius 2 is 1.92 bits per heavy atom. The molecule has 0 heterocycles. The molecule has 1 N–H and O–H groups in total. The predicted octanol–water partition coefficient (Wildman–Crippen LogP) is 5.01. The third-order valence-corrected chi connectivity index (χ3v) is 4.74. The molecule has 0 saturated heterocycles. The first-order valence-electron chi connectivity index (χ1n) is 7.66. The first kappa shape index (κ1) is 20.2. The van der Waals surface area contributed by atoms with E-state index >= 15 is 0 Å². The van der Waals surface area contributed by atoms with Crippen LogP contribution in [0, 0.1) is 11.8 Å². The predicted molar refractivity (Wildman–Crippen MR) is 98.1 cm³/mol. The van der Waals surface area contributed by atoms with Gasteiger partial charge in [0, 0.05) is 22.6 Å². The molecule has 0 atom stereocenters. The Morgan fingerprint density at radius 3 is 2.65 bits per heavy atom. The lowest BCUT2D eigenvalue weighted by Crippen LogP contribution is -2.23. The molecule has 2 aromatic rings. The highest BCUT2D eigenvalue weighted by Gasteiger charge is 2.30. The SMILES string of the molecule is O=C(CCSc1ccccc1Cl)NCC#Cc1cccc(C(F)(F)F)c1. The minimum Gasteiger partial charge on any atom is -0.345 e. The topological polar surface area (TPSA) is 29.1 Å². The van der Waals surface area contributed by atoms with E-state index in [1.165, 1.54) is 23.9 Å². The van der Waals surface area contributed by atoms with Gasteiger partial charge in [-0.2, -0.15) is 13.2 Å². The van der Waals surface area contributed by atoms with Crippen LogP contribution in [0.25, 0.3) is 0 Å². The lowest BCUT2D eigenvalue weighted by atomic mass is 10.1. The molecule has 0 aliphatic carbocycles. The Kier molecular flexibility index (Phi) is 7.43. The fourth-order valence-corrected chi connectivity index (χ4v) is 3.15. The number of nitrogens with one attached hydrogen (secondary N) is 1. The third-order valence-electron chi connectivity index (χ3n) is 3.22. The highest BCUT2D eigenvalue weighted by Crippen LogP contribution is 2.29. The molecular weight excluding hydrogens is 383 g/mol. The monoisotopic (exact) mass is 397 g/mol. The maximum atomic E-state index is 12.6. The van der Waals surface area contributed by atoms with Crippen LogP contribution in [-0.4, -0.2) is 18.2 Å². The van der Waals surface area contributed by atoms with Gasteiger partial charge in [-0.05, 0) is 30.3 Å². The average Bonchev–Trinajstić information content (AvgIpc) is 2.60. The number of rotatable bonds is 5. The maximum absolute atomic E-state index is 12.6. The van der Waals surface area contributed by atoms with E-state index in [0.29, 0.717) is 17.2 Å². The van der Waals surface area contributed by atoms with Crippen molar-refractivity contribution in [3.8, 4) is 11.8 Å². The van der Waals surface area contributed by atoms with Gasteiger partial charge in [-0.1, -0.05) is 41.6 Å². The minimum atomic E-state index is -4.40. The lowest BCUT2D eigenvalue weighted by Gasteiger charge is -2.05. The van der Waals surface area contributed by atoms with Crippen LogP contribution in [0.2, 0.25) is 5.02 Å². The Hall–Kier alpha value is -2.10. The van der Waals surface area contributed by atoms with Gasteiger partial charge in [0.1, 0.15) is 0 Å². The molecule has 0 fully saturated rings. The van der Waals surface area contributed by atoms with Gasteiger partial charge >= 0.3 is 6.18 Å². The number of carbonyl (C=O) groups excluding carboxylic acids is 1. The van der Waals surface area contributed by atoms with Crippen molar-refractivity contribution in [2.24, 2.45) is 0 Å². The summed E-state index contributed by atoms with van der Waals surface area (Å²) >= 11 is 7.51. The molecule has 7 heteroatoms. The molecule has 0 unspecified atom stereocenters. The first-order valence-corrected chi connectivity index (χ1v) is 9.03. The Bertz CT molecular complexity index is 827. The number of halogens is 4. The summed E-state index contributed by atoms with van der Waals surface area (Å²) in [5.74, 6) is 5.65. The molecule has 136 valence electrons. The molecule has 0 spiro atoms. The highest BCUT2D eigenvalue weighted by atomic mass is 35.5. The summed E-state index contributed by atoms with van der Waals surface area (Å²) in [4.78, 5) is 12.6. The van der Waals surface area contributed by atoms with E-state index in [0.717, 1.165) is 17.0 Å². The molecule has 0 saturated carbocycles. The first-order chi connectivity index (χ1) is 12.4. The second-order valence-electron chi connectivity index (χ2n) is 5.19. The van der Waals surface area contributed by atoms with E-state index in [2.05, 4.69) is 17.2 Å². The van der Waals surface area contributed by atoms with Crippen molar-refractivity contribution in [2.45, 2.75) is 17.5 Å². The molecular formula is C19H15ClF3NOS. The van der Waals surface area contributed by atoms with Crippen molar-refractivity contribution in [3.63, 3.8) is 0 Å². The standard InChI is InChI=1S/C19H15ClF3NOS/c20-16-8-1-2-9-17(16)26-12-10-18(25)24-11-4-6-14-5-3-7-15(13-14)19(21,22)23/h1-3,5,7-9,13H,10-12H2,(H,24,25). The largest absolute Gasteiger partial charge is 0.416 e.